The Bertz CT molecular complexity index is 709. The Kier molecular flexibility index (Phi) is 4.70. The molecule has 3 aromatic rings. The van der Waals surface area contributed by atoms with Crippen LogP contribution in [0.2, 0.25) is 0 Å². The van der Waals surface area contributed by atoms with Crippen LogP contribution in [-0.4, -0.2) is 0 Å². The fraction of sp³-hybridized carbons (Fsp3) is 0.182. The molecule has 0 atom stereocenters. The van der Waals surface area contributed by atoms with Crippen molar-refractivity contribution in [3.63, 3.8) is 0 Å². The summed E-state index contributed by atoms with van der Waals surface area (Å²) in [5, 5.41) is 0. The maximum absolute atomic E-state index is 2.32. The Morgan fingerprint density at radius 3 is 1.64 bits per heavy atom. The van der Waals surface area contributed by atoms with E-state index in [1.165, 1.54) is 27.8 Å². The number of hydrogen-bond acceptors (Lipinski definition) is 0. The predicted molar refractivity (Wildman–Crippen MR) is 94.3 cm³/mol. The molecule has 0 N–H and O–H groups in total. The molecule has 0 aliphatic rings. The van der Waals surface area contributed by atoms with Gasteiger partial charge in [-0.05, 0) is 47.1 Å². The molecule has 0 heterocycles. The van der Waals surface area contributed by atoms with Gasteiger partial charge >= 0.3 is 0 Å². The molecule has 0 saturated carbocycles. The second kappa shape index (κ2) is 7.09. The highest BCUT2D eigenvalue weighted by Gasteiger charge is 2.00. The molecular weight excluding hydrogens is 264 g/mol. The fourth-order valence-electron chi connectivity index (χ4n) is 2.80. The molecule has 0 spiro atoms. The Morgan fingerprint density at radius 2 is 1.00 bits per heavy atom. The predicted octanol–water partition coefficient (Wildman–Crippen LogP) is 5.43. The highest BCUT2D eigenvalue weighted by molar-refractivity contribution is 5.33. The second-order valence-corrected chi connectivity index (χ2v) is 5.83. The lowest BCUT2D eigenvalue weighted by atomic mass is 9.99. The van der Waals surface area contributed by atoms with Gasteiger partial charge in [-0.25, -0.2) is 0 Å². The molecule has 3 aromatic carbocycles. The van der Waals surface area contributed by atoms with Crippen LogP contribution in [0.4, 0.5) is 0 Å². The van der Waals surface area contributed by atoms with Crippen molar-refractivity contribution in [1.29, 1.82) is 0 Å². The Morgan fingerprint density at radius 1 is 0.500 bits per heavy atom. The molecular formula is C22H22. The summed E-state index contributed by atoms with van der Waals surface area (Å²) in [6.07, 6.45) is 3.12. The standard InChI is InChI=1S/C22H22/c1-2-18-9-6-10-22(15-18)17-21-13-11-20(12-14-21)16-19-7-4-3-5-8-19/h3-15H,2,16-17H2,1H3. The zero-order chi connectivity index (χ0) is 15.2. The van der Waals surface area contributed by atoms with Crippen molar-refractivity contribution in [3.05, 3.63) is 107 Å². The van der Waals surface area contributed by atoms with Crippen LogP contribution in [0.5, 0.6) is 0 Å². The second-order valence-electron chi connectivity index (χ2n) is 5.83. The molecule has 0 radical (unpaired) electrons. The number of hydrogen-bond donors (Lipinski definition) is 0. The largest absolute Gasteiger partial charge is 0.0622 e. The van der Waals surface area contributed by atoms with Gasteiger partial charge in [-0.15, -0.1) is 0 Å². The molecule has 110 valence electrons. The molecule has 0 nitrogen and oxygen atoms in total. The van der Waals surface area contributed by atoms with Gasteiger partial charge in [0.05, 0.1) is 0 Å². The molecule has 0 amide bonds. The summed E-state index contributed by atoms with van der Waals surface area (Å²) in [5.41, 5.74) is 6.93. The van der Waals surface area contributed by atoms with E-state index in [0.29, 0.717) is 0 Å². The van der Waals surface area contributed by atoms with Gasteiger partial charge in [-0.1, -0.05) is 85.8 Å². The summed E-state index contributed by atoms with van der Waals surface area (Å²) in [5.74, 6) is 0. The molecule has 0 bridgehead atoms. The lowest BCUT2D eigenvalue weighted by molar-refractivity contribution is 1.10. The summed E-state index contributed by atoms with van der Waals surface area (Å²) in [7, 11) is 0. The van der Waals surface area contributed by atoms with E-state index in [-0.39, 0.29) is 0 Å². The highest BCUT2D eigenvalue weighted by atomic mass is 14.0. The first kappa shape index (κ1) is 14.6. The maximum atomic E-state index is 2.32. The number of benzene rings is 3. The fourth-order valence-corrected chi connectivity index (χ4v) is 2.80. The number of aryl methyl sites for hydroxylation is 1. The first-order valence-corrected chi connectivity index (χ1v) is 8.03. The first-order chi connectivity index (χ1) is 10.8. The molecule has 0 aliphatic carbocycles. The zero-order valence-corrected chi connectivity index (χ0v) is 13.1. The normalized spacial score (nSPS) is 10.6. The maximum Gasteiger partial charge on any atom is -0.00257 e. The van der Waals surface area contributed by atoms with E-state index < -0.39 is 0 Å². The molecule has 0 saturated heterocycles. The van der Waals surface area contributed by atoms with E-state index in [2.05, 4.69) is 85.8 Å². The van der Waals surface area contributed by atoms with Gasteiger partial charge in [0.25, 0.3) is 0 Å². The van der Waals surface area contributed by atoms with E-state index >= 15 is 0 Å². The summed E-state index contributed by atoms with van der Waals surface area (Å²) >= 11 is 0. The molecule has 0 unspecified atom stereocenters. The minimum atomic E-state index is 1.01. The van der Waals surface area contributed by atoms with E-state index in [9.17, 15) is 0 Å². The van der Waals surface area contributed by atoms with Gasteiger partial charge < -0.3 is 0 Å². The van der Waals surface area contributed by atoms with Crippen molar-refractivity contribution in [2.45, 2.75) is 26.2 Å². The summed E-state index contributed by atoms with van der Waals surface area (Å²) < 4.78 is 0. The topological polar surface area (TPSA) is 0 Å². The van der Waals surface area contributed by atoms with Crippen molar-refractivity contribution in [2.75, 3.05) is 0 Å². The van der Waals surface area contributed by atoms with Crippen molar-refractivity contribution in [2.24, 2.45) is 0 Å². The summed E-state index contributed by atoms with van der Waals surface area (Å²) in [6.45, 7) is 2.21. The SMILES string of the molecule is CCc1cccc(Cc2ccc(Cc3ccccc3)cc2)c1. The van der Waals surface area contributed by atoms with Crippen LogP contribution in [0.3, 0.4) is 0 Å². The van der Waals surface area contributed by atoms with Crippen LogP contribution in [-0.2, 0) is 19.3 Å². The number of rotatable bonds is 5. The van der Waals surface area contributed by atoms with Gasteiger partial charge in [0.2, 0.25) is 0 Å². The molecule has 0 heteroatoms. The summed E-state index contributed by atoms with van der Waals surface area (Å²) in [4.78, 5) is 0. The van der Waals surface area contributed by atoms with Crippen LogP contribution >= 0.6 is 0 Å². The quantitative estimate of drug-likeness (QED) is 0.586. The van der Waals surface area contributed by atoms with Gasteiger partial charge in [-0.2, -0.15) is 0 Å². The Labute approximate surface area is 133 Å². The zero-order valence-electron chi connectivity index (χ0n) is 13.1. The third-order valence-electron chi connectivity index (χ3n) is 4.08. The van der Waals surface area contributed by atoms with E-state index in [4.69, 9.17) is 0 Å². The van der Waals surface area contributed by atoms with Gasteiger partial charge in [0, 0.05) is 0 Å². The Hall–Kier alpha value is -2.34. The lowest BCUT2D eigenvalue weighted by Crippen LogP contribution is -1.92. The van der Waals surface area contributed by atoms with Crippen molar-refractivity contribution in [3.8, 4) is 0 Å². The van der Waals surface area contributed by atoms with E-state index in [1.807, 2.05) is 0 Å². The van der Waals surface area contributed by atoms with Crippen LogP contribution < -0.4 is 0 Å². The van der Waals surface area contributed by atoms with Gasteiger partial charge in [0.15, 0.2) is 0 Å². The van der Waals surface area contributed by atoms with Crippen LogP contribution in [0, 0.1) is 0 Å². The monoisotopic (exact) mass is 286 g/mol. The van der Waals surface area contributed by atoms with Crippen LogP contribution in [0.15, 0.2) is 78.9 Å². The average molecular weight is 286 g/mol. The average Bonchev–Trinajstić information content (AvgIpc) is 2.58. The lowest BCUT2D eigenvalue weighted by Gasteiger charge is -2.06. The minimum absolute atomic E-state index is 1.01. The highest BCUT2D eigenvalue weighted by Crippen LogP contribution is 2.15. The third-order valence-corrected chi connectivity index (χ3v) is 4.08. The summed E-state index contributed by atoms with van der Waals surface area (Å²) in [6, 6.07) is 28.6. The van der Waals surface area contributed by atoms with Gasteiger partial charge in [-0.3, -0.25) is 0 Å². The minimum Gasteiger partial charge on any atom is -0.0622 e. The molecule has 0 aromatic heterocycles. The smallest absolute Gasteiger partial charge is 0.00257 e. The third kappa shape index (κ3) is 3.85. The van der Waals surface area contributed by atoms with E-state index in [0.717, 1.165) is 19.3 Å². The first-order valence-electron chi connectivity index (χ1n) is 8.03. The molecule has 3 rings (SSSR count). The van der Waals surface area contributed by atoms with Crippen molar-refractivity contribution < 1.29 is 0 Å². The molecule has 0 aliphatic heterocycles. The molecule has 0 fully saturated rings. The van der Waals surface area contributed by atoms with Crippen LogP contribution in [0.1, 0.15) is 34.7 Å². The van der Waals surface area contributed by atoms with Crippen molar-refractivity contribution in [1.82, 2.24) is 0 Å². The van der Waals surface area contributed by atoms with Crippen molar-refractivity contribution >= 4 is 0 Å². The van der Waals surface area contributed by atoms with Gasteiger partial charge in [0.1, 0.15) is 0 Å². The van der Waals surface area contributed by atoms with E-state index in [1.54, 1.807) is 0 Å². The van der Waals surface area contributed by atoms with Crippen LogP contribution in [0.25, 0.3) is 0 Å². The Balaban J connectivity index is 1.68. The molecule has 22 heavy (non-hydrogen) atoms.